The zero-order valence-electron chi connectivity index (χ0n) is 10.8. The lowest BCUT2D eigenvalue weighted by atomic mass is 10.1. The topological polar surface area (TPSA) is 82.2 Å². The minimum absolute atomic E-state index is 0.282. The SMILES string of the molecule is N#CCCN(Cc1ccc(C(=O)NN)cc1)C1CC1. The number of carbonyl (C=O) groups excluding carboxylic acids is 1. The van der Waals surface area contributed by atoms with Crippen LogP contribution >= 0.6 is 0 Å². The Morgan fingerprint density at radius 2 is 2.11 bits per heavy atom. The smallest absolute Gasteiger partial charge is 0.265 e. The summed E-state index contributed by atoms with van der Waals surface area (Å²) >= 11 is 0. The zero-order chi connectivity index (χ0) is 13.7. The highest BCUT2D eigenvalue weighted by molar-refractivity contribution is 5.93. The number of hydrogen-bond acceptors (Lipinski definition) is 4. The Morgan fingerprint density at radius 1 is 1.42 bits per heavy atom. The molecule has 5 nitrogen and oxygen atoms in total. The molecule has 100 valence electrons. The fraction of sp³-hybridized carbons (Fsp3) is 0.429. The molecule has 1 aliphatic carbocycles. The Bertz CT molecular complexity index is 473. The summed E-state index contributed by atoms with van der Waals surface area (Å²) in [6.07, 6.45) is 3.00. The van der Waals surface area contributed by atoms with E-state index in [9.17, 15) is 4.79 Å². The summed E-state index contributed by atoms with van der Waals surface area (Å²) in [5.74, 6) is 4.80. The standard InChI is InChI=1S/C14H18N4O/c15-8-1-9-18(13-6-7-13)10-11-2-4-12(5-3-11)14(19)17-16/h2-5,13H,1,6-7,9-10,16H2,(H,17,19). The van der Waals surface area contributed by atoms with Gasteiger partial charge in [0.15, 0.2) is 0 Å². The average Bonchev–Trinajstić information content (AvgIpc) is 3.28. The monoisotopic (exact) mass is 258 g/mol. The molecule has 0 atom stereocenters. The first-order chi connectivity index (χ1) is 9.24. The van der Waals surface area contributed by atoms with E-state index in [0.717, 1.165) is 18.7 Å². The van der Waals surface area contributed by atoms with E-state index in [2.05, 4.69) is 16.4 Å². The molecule has 1 saturated carbocycles. The van der Waals surface area contributed by atoms with Gasteiger partial charge in [-0.05, 0) is 30.5 Å². The number of nitrogens with zero attached hydrogens (tertiary/aromatic N) is 2. The van der Waals surface area contributed by atoms with Gasteiger partial charge in [-0.25, -0.2) is 5.84 Å². The predicted molar refractivity (Wildman–Crippen MR) is 71.8 cm³/mol. The maximum Gasteiger partial charge on any atom is 0.265 e. The van der Waals surface area contributed by atoms with Crippen LogP contribution in [0.5, 0.6) is 0 Å². The van der Waals surface area contributed by atoms with Crippen molar-refractivity contribution in [3.8, 4) is 6.07 Å². The van der Waals surface area contributed by atoms with Gasteiger partial charge in [0, 0.05) is 31.1 Å². The van der Waals surface area contributed by atoms with E-state index >= 15 is 0 Å². The molecule has 2 rings (SSSR count). The van der Waals surface area contributed by atoms with Crippen molar-refractivity contribution in [2.45, 2.75) is 31.8 Å². The van der Waals surface area contributed by atoms with Crippen molar-refractivity contribution in [2.75, 3.05) is 6.54 Å². The molecular weight excluding hydrogens is 240 g/mol. The molecule has 1 aliphatic rings. The van der Waals surface area contributed by atoms with Gasteiger partial charge in [-0.15, -0.1) is 0 Å². The third kappa shape index (κ3) is 3.78. The fourth-order valence-electron chi connectivity index (χ4n) is 2.10. The molecule has 0 heterocycles. The quantitative estimate of drug-likeness (QED) is 0.456. The van der Waals surface area contributed by atoms with Gasteiger partial charge in [0.2, 0.25) is 0 Å². The number of nitrogens with one attached hydrogen (secondary N) is 1. The molecule has 1 fully saturated rings. The normalized spacial score (nSPS) is 14.2. The van der Waals surface area contributed by atoms with Crippen molar-refractivity contribution < 1.29 is 4.79 Å². The number of carbonyl (C=O) groups is 1. The van der Waals surface area contributed by atoms with E-state index in [4.69, 9.17) is 11.1 Å². The van der Waals surface area contributed by atoms with Gasteiger partial charge >= 0.3 is 0 Å². The molecule has 0 spiro atoms. The van der Waals surface area contributed by atoms with Gasteiger partial charge in [0.05, 0.1) is 6.07 Å². The van der Waals surface area contributed by atoms with E-state index in [1.807, 2.05) is 12.1 Å². The van der Waals surface area contributed by atoms with E-state index in [-0.39, 0.29) is 5.91 Å². The third-order valence-electron chi connectivity index (χ3n) is 3.31. The molecule has 0 saturated heterocycles. The first-order valence-electron chi connectivity index (χ1n) is 6.45. The van der Waals surface area contributed by atoms with Gasteiger partial charge in [-0.1, -0.05) is 12.1 Å². The van der Waals surface area contributed by atoms with Crippen LogP contribution in [0.2, 0.25) is 0 Å². The lowest BCUT2D eigenvalue weighted by Gasteiger charge is -2.20. The van der Waals surface area contributed by atoms with Crippen LogP contribution in [-0.2, 0) is 6.54 Å². The average molecular weight is 258 g/mol. The minimum Gasteiger partial charge on any atom is -0.295 e. The van der Waals surface area contributed by atoms with E-state index < -0.39 is 0 Å². The zero-order valence-corrected chi connectivity index (χ0v) is 10.8. The Morgan fingerprint density at radius 3 is 2.63 bits per heavy atom. The van der Waals surface area contributed by atoms with Crippen LogP contribution in [-0.4, -0.2) is 23.4 Å². The van der Waals surface area contributed by atoms with Crippen LogP contribution in [0.25, 0.3) is 0 Å². The van der Waals surface area contributed by atoms with Gasteiger partial charge < -0.3 is 0 Å². The Labute approximate surface area is 113 Å². The second-order valence-electron chi connectivity index (χ2n) is 4.78. The van der Waals surface area contributed by atoms with E-state index in [0.29, 0.717) is 18.0 Å². The highest BCUT2D eigenvalue weighted by Gasteiger charge is 2.28. The summed E-state index contributed by atoms with van der Waals surface area (Å²) in [6.45, 7) is 1.64. The van der Waals surface area contributed by atoms with Crippen molar-refractivity contribution >= 4 is 5.91 Å². The summed E-state index contributed by atoms with van der Waals surface area (Å²) in [6, 6.07) is 10.2. The minimum atomic E-state index is -0.282. The maximum absolute atomic E-state index is 11.3. The van der Waals surface area contributed by atoms with Crippen molar-refractivity contribution in [2.24, 2.45) is 5.84 Å². The van der Waals surface area contributed by atoms with Gasteiger partial charge in [-0.2, -0.15) is 5.26 Å². The molecule has 3 N–H and O–H groups in total. The Kier molecular flexibility index (Phi) is 4.50. The van der Waals surface area contributed by atoms with E-state index in [1.165, 1.54) is 12.8 Å². The first-order valence-corrected chi connectivity index (χ1v) is 6.45. The largest absolute Gasteiger partial charge is 0.295 e. The van der Waals surface area contributed by atoms with Crippen LogP contribution in [0.15, 0.2) is 24.3 Å². The van der Waals surface area contributed by atoms with Gasteiger partial charge in [0.25, 0.3) is 5.91 Å². The summed E-state index contributed by atoms with van der Waals surface area (Å²) in [5.41, 5.74) is 3.82. The molecule has 0 bridgehead atoms. The van der Waals surface area contributed by atoms with Crippen LogP contribution in [0.3, 0.4) is 0 Å². The molecule has 1 aromatic rings. The second-order valence-corrected chi connectivity index (χ2v) is 4.78. The van der Waals surface area contributed by atoms with Crippen molar-refractivity contribution in [3.05, 3.63) is 35.4 Å². The summed E-state index contributed by atoms with van der Waals surface area (Å²) in [7, 11) is 0. The number of rotatable bonds is 6. The van der Waals surface area contributed by atoms with Gasteiger partial charge in [-0.3, -0.25) is 15.1 Å². The highest BCUT2D eigenvalue weighted by Crippen LogP contribution is 2.28. The number of nitriles is 1. The maximum atomic E-state index is 11.3. The van der Waals surface area contributed by atoms with Crippen LogP contribution < -0.4 is 11.3 Å². The van der Waals surface area contributed by atoms with Crippen molar-refractivity contribution in [3.63, 3.8) is 0 Å². The molecule has 0 unspecified atom stereocenters. The van der Waals surface area contributed by atoms with Crippen LogP contribution in [0.1, 0.15) is 35.2 Å². The van der Waals surface area contributed by atoms with Crippen LogP contribution in [0.4, 0.5) is 0 Å². The number of benzene rings is 1. The van der Waals surface area contributed by atoms with Crippen molar-refractivity contribution in [1.29, 1.82) is 5.26 Å². The Balaban J connectivity index is 1.97. The molecule has 0 aliphatic heterocycles. The van der Waals surface area contributed by atoms with Crippen LogP contribution in [0, 0.1) is 11.3 Å². The summed E-state index contributed by atoms with van der Waals surface area (Å²) in [5, 5.41) is 8.68. The number of hydrogen-bond donors (Lipinski definition) is 2. The molecular formula is C14H18N4O. The number of nitrogen functional groups attached to an aromatic ring is 1. The fourth-order valence-corrected chi connectivity index (χ4v) is 2.10. The Hall–Kier alpha value is -1.90. The van der Waals surface area contributed by atoms with Gasteiger partial charge in [0.1, 0.15) is 0 Å². The molecule has 19 heavy (non-hydrogen) atoms. The molecule has 1 amide bonds. The number of nitrogens with two attached hydrogens (primary N) is 1. The molecule has 5 heteroatoms. The molecule has 0 radical (unpaired) electrons. The predicted octanol–water partition coefficient (Wildman–Crippen LogP) is 1.17. The molecule has 1 aromatic carbocycles. The lowest BCUT2D eigenvalue weighted by molar-refractivity contribution is 0.0953. The van der Waals surface area contributed by atoms with Crippen molar-refractivity contribution in [1.82, 2.24) is 10.3 Å². The lowest BCUT2D eigenvalue weighted by Crippen LogP contribution is -2.30. The number of hydrazine groups is 1. The molecule has 0 aromatic heterocycles. The second kappa shape index (κ2) is 6.32. The highest BCUT2D eigenvalue weighted by atomic mass is 16.2. The summed E-state index contributed by atoms with van der Waals surface area (Å²) in [4.78, 5) is 13.7. The first kappa shape index (κ1) is 13.5. The van der Waals surface area contributed by atoms with E-state index in [1.54, 1.807) is 12.1 Å². The third-order valence-corrected chi connectivity index (χ3v) is 3.31. The number of amides is 1. The summed E-state index contributed by atoms with van der Waals surface area (Å²) < 4.78 is 0.